The third kappa shape index (κ3) is 3.94. The smallest absolute Gasteiger partial charge is 0.00206 e. The lowest BCUT2D eigenvalue weighted by molar-refractivity contribution is 1.57. The molecule has 11 aromatic carbocycles. The van der Waals surface area contributed by atoms with Gasteiger partial charge in [-0.05, 0) is 109 Å². The molecule has 0 fully saturated rings. The van der Waals surface area contributed by atoms with Crippen LogP contribution in [0.15, 0.2) is 182 Å². The minimum atomic E-state index is 1.21. The summed E-state index contributed by atoms with van der Waals surface area (Å²) in [7, 11) is 0. The van der Waals surface area contributed by atoms with E-state index in [4.69, 9.17) is 0 Å². The fourth-order valence-corrected chi connectivity index (χ4v) is 8.71. The zero-order valence-corrected chi connectivity index (χ0v) is 27.3. The Kier molecular flexibility index (Phi) is 5.76. The number of hydrogen-bond acceptors (Lipinski definition) is 0. The molecule has 0 radical (unpaired) electrons. The molecular weight excluding hydrogens is 601 g/mol. The van der Waals surface area contributed by atoms with E-state index in [-0.39, 0.29) is 0 Å². The first kappa shape index (κ1) is 27.5. The van der Waals surface area contributed by atoms with E-state index in [1.165, 1.54) is 109 Å². The summed E-state index contributed by atoms with van der Waals surface area (Å²) in [4.78, 5) is 0. The normalized spacial score (nSPS) is 12.0. The quantitative estimate of drug-likeness (QED) is 0.170. The summed E-state index contributed by atoms with van der Waals surface area (Å²) in [6, 6.07) is 67.6. The molecule has 0 saturated heterocycles. The first-order chi connectivity index (χ1) is 24.8. The molecule has 0 bridgehead atoms. The maximum Gasteiger partial charge on any atom is -0.00206 e. The molecule has 0 N–H and O–H groups in total. The van der Waals surface area contributed by atoms with Crippen LogP contribution in [0.5, 0.6) is 0 Å². The maximum absolute atomic E-state index is 2.34. The van der Waals surface area contributed by atoms with Gasteiger partial charge in [0, 0.05) is 0 Å². The highest BCUT2D eigenvalue weighted by molar-refractivity contribution is 6.27. The lowest BCUT2D eigenvalue weighted by atomic mass is 9.83. The molecule has 0 aliphatic heterocycles. The van der Waals surface area contributed by atoms with Gasteiger partial charge in [-0.25, -0.2) is 0 Å². The average molecular weight is 631 g/mol. The number of benzene rings is 11. The van der Waals surface area contributed by atoms with Gasteiger partial charge in [-0.3, -0.25) is 0 Å². The molecule has 0 aliphatic carbocycles. The van der Waals surface area contributed by atoms with Crippen LogP contribution in [0.2, 0.25) is 0 Å². The van der Waals surface area contributed by atoms with Crippen molar-refractivity contribution in [1.82, 2.24) is 0 Å². The zero-order valence-electron chi connectivity index (χ0n) is 27.3. The standard InChI is InChI=1S/C50H30/c1-2-7-31(8-3-1)41-13-6-14-42(50(41)45-30-26-39-22-20-35-10-5-12-37-25-29-44(45)49(39)47(35)37)33-17-15-32(16-18-33)40-27-23-38-21-19-34-9-4-11-36-24-28-43(40)48(38)46(34)36/h1-30H. The molecule has 0 aliphatic rings. The van der Waals surface area contributed by atoms with Gasteiger partial charge in [0.25, 0.3) is 0 Å². The van der Waals surface area contributed by atoms with Crippen molar-refractivity contribution in [3.8, 4) is 44.5 Å². The van der Waals surface area contributed by atoms with Crippen molar-refractivity contribution in [2.45, 2.75) is 0 Å². The SMILES string of the molecule is c1ccc(-c2cccc(-c3ccc(-c4ccc5ccc6cccc7ccc4c5c67)cc3)c2-c2ccc3ccc4cccc5ccc2c3c45)cc1. The zero-order chi connectivity index (χ0) is 32.8. The van der Waals surface area contributed by atoms with Gasteiger partial charge in [-0.2, -0.15) is 0 Å². The lowest BCUT2D eigenvalue weighted by Gasteiger charge is -2.20. The van der Waals surface area contributed by atoms with Crippen LogP contribution in [0, 0.1) is 0 Å². The van der Waals surface area contributed by atoms with Crippen LogP contribution in [0.1, 0.15) is 0 Å². The van der Waals surface area contributed by atoms with Crippen LogP contribution in [-0.2, 0) is 0 Å². The van der Waals surface area contributed by atoms with E-state index in [1.807, 2.05) is 0 Å². The van der Waals surface area contributed by atoms with E-state index in [2.05, 4.69) is 182 Å². The van der Waals surface area contributed by atoms with Crippen LogP contribution < -0.4 is 0 Å². The van der Waals surface area contributed by atoms with Crippen molar-refractivity contribution in [2.24, 2.45) is 0 Å². The molecule has 0 spiro atoms. The second-order valence-electron chi connectivity index (χ2n) is 13.6. The minimum Gasteiger partial charge on any atom is -0.0622 e. The van der Waals surface area contributed by atoms with Crippen LogP contribution >= 0.6 is 0 Å². The molecular formula is C50H30. The third-order valence-corrected chi connectivity index (χ3v) is 11.0. The Morgan fingerprint density at radius 1 is 0.200 bits per heavy atom. The maximum atomic E-state index is 2.34. The highest BCUT2D eigenvalue weighted by atomic mass is 14.2. The molecule has 0 atom stereocenters. The molecule has 0 nitrogen and oxygen atoms in total. The number of hydrogen-bond donors (Lipinski definition) is 0. The van der Waals surface area contributed by atoms with E-state index in [0.717, 1.165) is 0 Å². The van der Waals surface area contributed by atoms with Crippen molar-refractivity contribution >= 4 is 64.6 Å². The summed E-state index contributed by atoms with van der Waals surface area (Å²) in [5, 5.41) is 15.7. The minimum absolute atomic E-state index is 1.21. The Morgan fingerprint density at radius 3 is 1.12 bits per heavy atom. The van der Waals surface area contributed by atoms with Crippen molar-refractivity contribution in [3.05, 3.63) is 182 Å². The highest BCUT2D eigenvalue weighted by Crippen LogP contribution is 2.46. The van der Waals surface area contributed by atoms with Gasteiger partial charge in [0.15, 0.2) is 0 Å². The molecule has 230 valence electrons. The van der Waals surface area contributed by atoms with Gasteiger partial charge in [0.1, 0.15) is 0 Å². The Balaban J connectivity index is 1.13. The molecule has 50 heavy (non-hydrogen) atoms. The van der Waals surface area contributed by atoms with Crippen LogP contribution in [0.3, 0.4) is 0 Å². The molecule has 0 aromatic heterocycles. The first-order valence-corrected chi connectivity index (χ1v) is 17.4. The second kappa shape index (κ2) is 10.5. The molecule has 11 rings (SSSR count). The summed E-state index contributed by atoms with van der Waals surface area (Å²) in [6.07, 6.45) is 0. The largest absolute Gasteiger partial charge is 0.0622 e. The number of rotatable bonds is 4. The molecule has 0 saturated carbocycles. The molecule has 0 amide bonds. The Hall–Kier alpha value is -6.50. The van der Waals surface area contributed by atoms with Gasteiger partial charge in [-0.1, -0.05) is 182 Å². The monoisotopic (exact) mass is 630 g/mol. The summed E-state index contributed by atoms with van der Waals surface area (Å²) in [6.45, 7) is 0. The molecule has 0 heterocycles. The van der Waals surface area contributed by atoms with E-state index >= 15 is 0 Å². The summed E-state index contributed by atoms with van der Waals surface area (Å²) < 4.78 is 0. The fraction of sp³-hybridized carbons (Fsp3) is 0. The van der Waals surface area contributed by atoms with Gasteiger partial charge in [-0.15, -0.1) is 0 Å². The Bertz CT molecular complexity index is 3030. The predicted molar refractivity (Wildman–Crippen MR) is 216 cm³/mol. The first-order valence-electron chi connectivity index (χ1n) is 17.4. The van der Waals surface area contributed by atoms with E-state index in [9.17, 15) is 0 Å². The summed E-state index contributed by atoms with van der Waals surface area (Å²) in [5.41, 5.74) is 9.96. The molecule has 0 unspecified atom stereocenters. The van der Waals surface area contributed by atoms with Crippen molar-refractivity contribution < 1.29 is 0 Å². The second-order valence-corrected chi connectivity index (χ2v) is 13.6. The topological polar surface area (TPSA) is 0 Å². The van der Waals surface area contributed by atoms with E-state index in [0.29, 0.717) is 0 Å². The van der Waals surface area contributed by atoms with Gasteiger partial charge < -0.3 is 0 Å². The Morgan fingerprint density at radius 2 is 0.580 bits per heavy atom. The Labute approximate surface area is 290 Å². The van der Waals surface area contributed by atoms with Crippen LogP contribution in [0.25, 0.3) is 109 Å². The van der Waals surface area contributed by atoms with E-state index < -0.39 is 0 Å². The van der Waals surface area contributed by atoms with Crippen molar-refractivity contribution in [3.63, 3.8) is 0 Å². The predicted octanol–water partition coefficient (Wildman–Crippen LogP) is 14.1. The van der Waals surface area contributed by atoms with Gasteiger partial charge >= 0.3 is 0 Å². The fourth-order valence-electron chi connectivity index (χ4n) is 8.71. The average Bonchev–Trinajstić information content (AvgIpc) is 3.19. The molecule has 11 aromatic rings. The molecule has 0 heteroatoms. The van der Waals surface area contributed by atoms with E-state index in [1.54, 1.807) is 0 Å². The summed E-state index contributed by atoms with van der Waals surface area (Å²) in [5.74, 6) is 0. The van der Waals surface area contributed by atoms with Gasteiger partial charge in [0.05, 0.1) is 0 Å². The van der Waals surface area contributed by atoms with Crippen molar-refractivity contribution in [2.75, 3.05) is 0 Å². The van der Waals surface area contributed by atoms with Gasteiger partial charge in [0.2, 0.25) is 0 Å². The lowest BCUT2D eigenvalue weighted by Crippen LogP contribution is -1.93. The van der Waals surface area contributed by atoms with Crippen molar-refractivity contribution in [1.29, 1.82) is 0 Å². The summed E-state index contributed by atoms with van der Waals surface area (Å²) >= 11 is 0. The highest BCUT2D eigenvalue weighted by Gasteiger charge is 2.19. The third-order valence-electron chi connectivity index (χ3n) is 11.0. The van der Waals surface area contributed by atoms with Crippen LogP contribution in [0.4, 0.5) is 0 Å². The van der Waals surface area contributed by atoms with Crippen LogP contribution in [-0.4, -0.2) is 0 Å².